The molecule has 15 heavy (non-hydrogen) atoms. The van der Waals surface area contributed by atoms with Crippen LogP contribution in [0.5, 0.6) is 0 Å². The van der Waals surface area contributed by atoms with E-state index in [9.17, 15) is 14.0 Å². The molecule has 0 saturated carbocycles. The molecule has 2 aliphatic rings. The zero-order chi connectivity index (χ0) is 10.8. The lowest BCUT2D eigenvalue weighted by molar-refractivity contribution is -0.134. The van der Waals surface area contributed by atoms with Gasteiger partial charge >= 0.3 is 0 Å². The van der Waals surface area contributed by atoms with Crippen LogP contribution in [0.2, 0.25) is 0 Å². The van der Waals surface area contributed by atoms with Gasteiger partial charge in [0.1, 0.15) is 5.84 Å². The number of carbonyl (C=O) groups is 2. The van der Waals surface area contributed by atoms with Crippen molar-refractivity contribution in [2.24, 2.45) is 10.9 Å². The van der Waals surface area contributed by atoms with Crippen molar-refractivity contribution in [3.05, 3.63) is 0 Å². The number of hydrogen-bond acceptors (Lipinski definition) is 3. The number of aliphatic imine (C=N–C) groups is 1. The number of piperidine rings is 1. The highest BCUT2D eigenvalue weighted by Crippen LogP contribution is 2.15. The summed E-state index contributed by atoms with van der Waals surface area (Å²) in [5.41, 5.74) is 0. The Kier molecular flexibility index (Phi) is 2.77. The van der Waals surface area contributed by atoms with E-state index in [1.54, 1.807) is 0 Å². The van der Waals surface area contributed by atoms with E-state index in [0.29, 0.717) is 5.84 Å². The third kappa shape index (κ3) is 2.04. The van der Waals surface area contributed by atoms with Crippen molar-refractivity contribution in [1.82, 2.24) is 10.6 Å². The second-order valence-electron chi connectivity index (χ2n) is 3.71. The highest BCUT2D eigenvalue weighted by atomic mass is 19.1. The van der Waals surface area contributed by atoms with Gasteiger partial charge in [0, 0.05) is 5.92 Å². The van der Waals surface area contributed by atoms with Gasteiger partial charge in [-0.1, -0.05) is 0 Å². The molecule has 2 amide bonds. The highest BCUT2D eigenvalue weighted by Gasteiger charge is 2.34. The molecule has 0 aromatic rings. The summed E-state index contributed by atoms with van der Waals surface area (Å²) < 4.78 is 12.8. The minimum atomic E-state index is -2.13. The molecular formula is C9H12FN3O2. The zero-order valence-corrected chi connectivity index (χ0v) is 8.12. The predicted octanol–water partition coefficient (Wildman–Crippen LogP) is -0.621. The topological polar surface area (TPSA) is 70.6 Å². The molecular weight excluding hydrogens is 201 g/mol. The van der Waals surface area contributed by atoms with Crippen molar-refractivity contribution in [2.45, 2.75) is 19.0 Å². The SMILES string of the molecule is O=C1N=C(C2CCNCC2)NC(=O)C1F. The molecule has 1 fully saturated rings. The van der Waals surface area contributed by atoms with Crippen LogP contribution in [0.25, 0.3) is 0 Å². The Hall–Kier alpha value is -1.30. The highest BCUT2D eigenvalue weighted by molar-refractivity contribution is 6.18. The van der Waals surface area contributed by atoms with E-state index in [1.165, 1.54) is 0 Å². The van der Waals surface area contributed by atoms with Crippen molar-refractivity contribution < 1.29 is 14.0 Å². The van der Waals surface area contributed by atoms with E-state index in [4.69, 9.17) is 0 Å². The van der Waals surface area contributed by atoms with Crippen molar-refractivity contribution in [2.75, 3.05) is 13.1 Å². The molecule has 1 unspecified atom stereocenters. The molecule has 2 aliphatic heterocycles. The summed E-state index contributed by atoms with van der Waals surface area (Å²) in [6.45, 7) is 1.65. The third-order valence-electron chi connectivity index (χ3n) is 2.65. The van der Waals surface area contributed by atoms with Crippen LogP contribution < -0.4 is 10.6 Å². The maximum atomic E-state index is 12.8. The fourth-order valence-corrected chi connectivity index (χ4v) is 1.79. The molecule has 0 aromatic heterocycles. The van der Waals surface area contributed by atoms with Gasteiger partial charge in [-0.2, -0.15) is 4.99 Å². The van der Waals surface area contributed by atoms with E-state index in [2.05, 4.69) is 15.6 Å². The van der Waals surface area contributed by atoms with E-state index in [0.717, 1.165) is 25.9 Å². The molecule has 2 rings (SSSR count). The summed E-state index contributed by atoms with van der Waals surface area (Å²) in [6.07, 6.45) is -0.511. The Morgan fingerprint density at radius 1 is 1.27 bits per heavy atom. The van der Waals surface area contributed by atoms with Crippen LogP contribution in [0, 0.1) is 5.92 Å². The summed E-state index contributed by atoms with van der Waals surface area (Å²) in [5, 5.41) is 5.51. The molecule has 82 valence electrons. The fourth-order valence-electron chi connectivity index (χ4n) is 1.79. The maximum absolute atomic E-state index is 12.8. The number of amidine groups is 1. The molecule has 0 aliphatic carbocycles. The third-order valence-corrected chi connectivity index (χ3v) is 2.65. The lowest BCUT2D eigenvalue weighted by Crippen LogP contribution is -2.49. The Labute approximate surface area is 86.1 Å². The second kappa shape index (κ2) is 4.06. The maximum Gasteiger partial charge on any atom is 0.291 e. The molecule has 0 bridgehead atoms. The van der Waals surface area contributed by atoms with Crippen LogP contribution in [-0.4, -0.2) is 36.9 Å². The first kappa shape index (κ1) is 10.2. The van der Waals surface area contributed by atoms with Crippen molar-refractivity contribution >= 4 is 17.6 Å². The van der Waals surface area contributed by atoms with E-state index in [-0.39, 0.29) is 5.92 Å². The van der Waals surface area contributed by atoms with Crippen molar-refractivity contribution in [3.63, 3.8) is 0 Å². The Morgan fingerprint density at radius 2 is 1.93 bits per heavy atom. The minimum Gasteiger partial charge on any atom is -0.317 e. The molecule has 0 spiro atoms. The molecule has 1 saturated heterocycles. The van der Waals surface area contributed by atoms with Crippen LogP contribution in [0.15, 0.2) is 4.99 Å². The molecule has 2 N–H and O–H groups in total. The van der Waals surface area contributed by atoms with Crippen molar-refractivity contribution in [1.29, 1.82) is 0 Å². The second-order valence-corrected chi connectivity index (χ2v) is 3.71. The number of rotatable bonds is 1. The van der Waals surface area contributed by atoms with Crippen LogP contribution in [0.4, 0.5) is 4.39 Å². The van der Waals surface area contributed by atoms with Gasteiger partial charge in [-0.05, 0) is 25.9 Å². The average molecular weight is 213 g/mol. The van der Waals surface area contributed by atoms with Crippen molar-refractivity contribution in [3.8, 4) is 0 Å². The molecule has 0 aromatic carbocycles. The van der Waals surface area contributed by atoms with Gasteiger partial charge in [0.05, 0.1) is 0 Å². The predicted molar refractivity (Wildman–Crippen MR) is 51.1 cm³/mol. The fraction of sp³-hybridized carbons (Fsp3) is 0.667. The summed E-state index contributed by atoms with van der Waals surface area (Å²) in [6, 6.07) is 0. The van der Waals surface area contributed by atoms with Crippen LogP contribution in [0.3, 0.4) is 0 Å². The summed E-state index contributed by atoms with van der Waals surface area (Å²) >= 11 is 0. The van der Waals surface area contributed by atoms with Gasteiger partial charge in [0.2, 0.25) is 0 Å². The quantitative estimate of drug-likeness (QED) is 0.570. The largest absolute Gasteiger partial charge is 0.317 e. The summed E-state index contributed by atoms with van der Waals surface area (Å²) in [4.78, 5) is 25.7. The van der Waals surface area contributed by atoms with Gasteiger partial charge in [-0.25, -0.2) is 4.39 Å². The van der Waals surface area contributed by atoms with Crippen LogP contribution in [-0.2, 0) is 9.59 Å². The van der Waals surface area contributed by atoms with E-state index < -0.39 is 18.0 Å². The van der Waals surface area contributed by atoms with Gasteiger partial charge in [0.15, 0.2) is 0 Å². The van der Waals surface area contributed by atoms with E-state index in [1.807, 2.05) is 0 Å². The molecule has 5 nitrogen and oxygen atoms in total. The first-order chi connectivity index (χ1) is 7.18. The standard InChI is InChI=1S/C9H12FN3O2/c10-6-8(14)12-7(13-9(6)15)5-1-3-11-4-2-5/h5-6,11H,1-4H2,(H,12,13,14,15). The normalized spacial score (nSPS) is 28.6. The number of nitrogens with zero attached hydrogens (tertiary/aromatic N) is 1. The lowest BCUT2D eigenvalue weighted by atomic mass is 9.96. The summed E-state index contributed by atoms with van der Waals surface area (Å²) in [5.74, 6) is -1.47. The Balaban J connectivity index is 2.12. The number of alkyl halides is 1. The molecule has 2 heterocycles. The van der Waals surface area contributed by atoms with Crippen LogP contribution >= 0.6 is 0 Å². The van der Waals surface area contributed by atoms with Gasteiger partial charge < -0.3 is 10.6 Å². The number of amides is 2. The number of hydrogen-bond donors (Lipinski definition) is 2. The summed E-state index contributed by atoms with van der Waals surface area (Å²) in [7, 11) is 0. The van der Waals surface area contributed by atoms with Gasteiger partial charge in [-0.3, -0.25) is 9.59 Å². The molecule has 6 heteroatoms. The molecule has 0 radical (unpaired) electrons. The lowest BCUT2D eigenvalue weighted by Gasteiger charge is -2.26. The van der Waals surface area contributed by atoms with Gasteiger partial charge in [0.25, 0.3) is 18.0 Å². The van der Waals surface area contributed by atoms with E-state index >= 15 is 0 Å². The Morgan fingerprint density at radius 3 is 2.53 bits per heavy atom. The molecule has 1 atom stereocenters. The zero-order valence-electron chi connectivity index (χ0n) is 8.12. The van der Waals surface area contributed by atoms with Gasteiger partial charge in [-0.15, -0.1) is 0 Å². The van der Waals surface area contributed by atoms with Crippen LogP contribution in [0.1, 0.15) is 12.8 Å². The number of halogens is 1. The Bertz CT molecular complexity index is 323. The monoisotopic (exact) mass is 213 g/mol. The minimum absolute atomic E-state index is 0.0617. The number of nitrogens with one attached hydrogen (secondary N) is 2. The average Bonchev–Trinajstić information content (AvgIpc) is 2.26. The first-order valence-corrected chi connectivity index (χ1v) is 4.96. The number of carbonyl (C=O) groups excluding carboxylic acids is 2. The first-order valence-electron chi connectivity index (χ1n) is 4.96. The smallest absolute Gasteiger partial charge is 0.291 e.